The molecule has 18 heavy (non-hydrogen) atoms. The molecular formula is C15H22FNO. The third kappa shape index (κ3) is 3.02. The largest absolute Gasteiger partial charge is 0.391 e. The third-order valence-corrected chi connectivity index (χ3v) is 3.93. The zero-order valence-electron chi connectivity index (χ0n) is 11.0. The monoisotopic (exact) mass is 251 g/mol. The predicted octanol–water partition coefficient (Wildman–Crippen LogP) is 3.20. The molecule has 1 aliphatic carbocycles. The Morgan fingerprint density at radius 2 is 2.00 bits per heavy atom. The van der Waals surface area contributed by atoms with E-state index in [2.05, 4.69) is 0 Å². The molecule has 2 rings (SSSR count). The molecule has 1 aromatic rings. The van der Waals surface area contributed by atoms with Crippen molar-refractivity contribution in [2.45, 2.75) is 38.7 Å². The Balaban J connectivity index is 2.02. The summed E-state index contributed by atoms with van der Waals surface area (Å²) in [4.78, 5) is 1.93. The fraction of sp³-hybridized carbons (Fsp3) is 0.600. The van der Waals surface area contributed by atoms with Crippen molar-refractivity contribution in [3.8, 4) is 0 Å². The first-order valence-electron chi connectivity index (χ1n) is 6.90. The van der Waals surface area contributed by atoms with Gasteiger partial charge in [0.05, 0.1) is 11.8 Å². The van der Waals surface area contributed by atoms with Gasteiger partial charge in [-0.25, -0.2) is 4.39 Å². The standard InChI is InChI=1S/C15H22FNO/c1-2-17(14-10-6-5-9-13(14)16)11-15(18)12-7-3-4-8-12/h5-6,9-10,12,15,18H,2-4,7-8,11H2,1H3. The number of hydrogen-bond acceptors (Lipinski definition) is 2. The van der Waals surface area contributed by atoms with E-state index in [1.807, 2.05) is 17.9 Å². The number of aliphatic hydroxyl groups excluding tert-OH is 1. The van der Waals surface area contributed by atoms with E-state index in [-0.39, 0.29) is 11.9 Å². The fourth-order valence-corrected chi connectivity index (χ4v) is 2.82. The molecule has 1 aromatic carbocycles. The zero-order valence-corrected chi connectivity index (χ0v) is 11.0. The molecule has 0 aromatic heterocycles. The highest BCUT2D eigenvalue weighted by Crippen LogP contribution is 2.29. The van der Waals surface area contributed by atoms with Crippen molar-refractivity contribution in [3.05, 3.63) is 30.1 Å². The zero-order chi connectivity index (χ0) is 13.0. The maximum absolute atomic E-state index is 13.7. The highest BCUT2D eigenvalue weighted by molar-refractivity contribution is 5.47. The number of benzene rings is 1. The molecule has 0 spiro atoms. The molecule has 0 heterocycles. The predicted molar refractivity (Wildman–Crippen MR) is 72.3 cm³/mol. The van der Waals surface area contributed by atoms with Gasteiger partial charge in [-0.2, -0.15) is 0 Å². The molecule has 0 aliphatic heterocycles. The maximum Gasteiger partial charge on any atom is 0.146 e. The van der Waals surface area contributed by atoms with E-state index in [0.29, 0.717) is 24.7 Å². The summed E-state index contributed by atoms with van der Waals surface area (Å²) in [7, 11) is 0. The molecule has 100 valence electrons. The first kappa shape index (κ1) is 13.3. The van der Waals surface area contributed by atoms with Crippen molar-refractivity contribution >= 4 is 5.69 Å². The normalized spacial score (nSPS) is 17.9. The Kier molecular flexibility index (Phi) is 4.59. The number of aliphatic hydroxyl groups is 1. The van der Waals surface area contributed by atoms with Crippen LogP contribution in [0, 0.1) is 11.7 Å². The van der Waals surface area contributed by atoms with Crippen molar-refractivity contribution in [2.75, 3.05) is 18.0 Å². The Bertz CT molecular complexity index is 377. The Labute approximate surface area is 108 Å². The van der Waals surface area contributed by atoms with Crippen LogP contribution < -0.4 is 4.90 Å². The Hall–Kier alpha value is -1.09. The van der Waals surface area contributed by atoms with Gasteiger partial charge in [0.2, 0.25) is 0 Å². The molecule has 2 nitrogen and oxygen atoms in total. The van der Waals surface area contributed by atoms with Gasteiger partial charge in [-0.1, -0.05) is 25.0 Å². The highest BCUT2D eigenvalue weighted by atomic mass is 19.1. The molecule has 0 saturated heterocycles. The summed E-state index contributed by atoms with van der Waals surface area (Å²) < 4.78 is 13.7. The van der Waals surface area contributed by atoms with Crippen LogP contribution in [0.25, 0.3) is 0 Å². The van der Waals surface area contributed by atoms with Crippen LogP contribution in [0.3, 0.4) is 0 Å². The number of nitrogens with zero attached hydrogens (tertiary/aromatic N) is 1. The molecule has 1 atom stereocenters. The summed E-state index contributed by atoms with van der Waals surface area (Å²) in [6.45, 7) is 3.24. The van der Waals surface area contributed by atoms with Gasteiger partial charge >= 0.3 is 0 Å². The van der Waals surface area contributed by atoms with E-state index in [9.17, 15) is 9.50 Å². The molecule has 0 radical (unpaired) electrons. The van der Waals surface area contributed by atoms with E-state index >= 15 is 0 Å². The van der Waals surface area contributed by atoms with Crippen LogP contribution in [0.15, 0.2) is 24.3 Å². The number of hydrogen-bond donors (Lipinski definition) is 1. The second-order valence-electron chi connectivity index (χ2n) is 5.10. The molecule has 1 unspecified atom stereocenters. The van der Waals surface area contributed by atoms with Gasteiger partial charge in [0.25, 0.3) is 0 Å². The molecule has 3 heteroatoms. The van der Waals surface area contributed by atoms with Gasteiger partial charge in [0.1, 0.15) is 5.82 Å². The minimum atomic E-state index is -0.341. The first-order valence-corrected chi connectivity index (χ1v) is 6.90. The smallest absolute Gasteiger partial charge is 0.146 e. The molecule has 1 aliphatic rings. The lowest BCUT2D eigenvalue weighted by Crippen LogP contribution is -2.36. The average Bonchev–Trinajstić information content (AvgIpc) is 2.90. The molecule has 1 fully saturated rings. The van der Waals surface area contributed by atoms with Crippen molar-refractivity contribution in [2.24, 2.45) is 5.92 Å². The number of rotatable bonds is 5. The maximum atomic E-state index is 13.7. The lowest BCUT2D eigenvalue weighted by Gasteiger charge is -2.28. The van der Waals surface area contributed by atoms with Crippen LogP contribution in [0.1, 0.15) is 32.6 Å². The Morgan fingerprint density at radius 3 is 2.61 bits per heavy atom. The first-order chi connectivity index (χ1) is 8.72. The topological polar surface area (TPSA) is 23.5 Å². The average molecular weight is 251 g/mol. The van der Waals surface area contributed by atoms with Crippen LogP contribution in [0.2, 0.25) is 0 Å². The van der Waals surface area contributed by atoms with Gasteiger partial charge in [-0.05, 0) is 37.8 Å². The van der Waals surface area contributed by atoms with E-state index in [4.69, 9.17) is 0 Å². The fourth-order valence-electron chi connectivity index (χ4n) is 2.82. The lowest BCUT2D eigenvalue weighted by atomic mass is 10.0. The van der Waals surface area contributed by atoms with Gasteiger partial charge in [-0.3, -0.25) is 0 Å². The van der Waals surface area contributed by atoms with E-state index in [1.165, 1.54) is 18.9 Å². The number of likely N-dealkylation sites (N-methyl/N-ethyl adjacent to an activating group) is 1. The van der Waals surface area contributed by atoms with Gasteiger partial charge < -0.3 is 10.0 Å². The minimum Gasteiger partial charge on any atom is -0.391 e. The molecule has 0 bridgehead atoms. The SMILES string of the molecule is CCN(CC(O)C1CCCC1)c1ccccc1F. The summed E-state index contributed by atoms with van der Waals surface area (Å²) in [5, 5.41) is 10.2. The molecular weight excluding hydrogens is 229 g/mol. The third-order valence-electron chi connectivity index (χ3n) is 3.93. The summed E-state index contributed by atoms with van der Waals surface area (Å²) in [6.07, 6.45) is 4.31. The second-order valence-corrected chi connectivity index (χ2v) is 5.10. The van der Waals surface area contributed by atoms with Crippen molar-refractivity contribution in [3.63, 3.8) is 0 Å². The molecule has 1 N–H and O–H groups in total. The van der Waals surface area contributed by atoms with Crippen LogP contribution >= 0.6 is 0 Å². The highest BCUT2D eigenvalue weighted by Gasteiger charge is 2.25. The minimum absolute atomic E-state index is 0.210. The second kappa shape index (κ2) is 6.19. The van der Waals surface area contributed by atoms with Crippen LogP contribution in [0.4, 0.5) is 10.1 Å². The summed E-state index contributed by atoms with van der Waals surface area (Å²) >= 11 is 0. The Morgan fingerprint density at radius 1 is 1.33 bits per heavy atom. The van der Waals surface area contributed by atoms with E-state index in [1.54, 1.807) is 12.1 Å². The van der Waals surface area contributed by atoms with Crippen molar-refractivity contribution in [1.82, 2.24) is 0 Å². The summed E-state index contributed by atoms with van der Waals surface area (Å²) in [5.41, 5.74) is 0.594. The molecule has 1 saturated carbocycles. The number of anilines is 1. The van der Waals surface area contributed by atoms with E-state index < -0.39 is 0 Å². The van der Waals surface area contributed by atoms with E-state index in [0.717, 1.165) is 12.8 Å². The summed E-state index contributed by atoms with van der Waals surface area (Å²) in [6, 6.07) is 6.78. The van der Waals surface area contributed by atoms with Gasteiger partial charge in [0.15, 0.2) is 0 Å². The van der Waals surface area contributed by atoms with Gasteiger partial charge in [-0.15, -0.1) is 0 Å². The van der Waals surface area contributed by atoms with Crippen LogP contribution in [-0.2, 0) is 0 Å². The summed E-state index contributed by atoms with van der Waals surface area (Å²) in [5.74, 6) is 0.184. The molecule has 0 amide bonds. The van der Waals surface area contributed by atoms with Crippen LogP contribution in [-0.4, -0.2) is 24.3 Å². The quantitative estimate of drug-likeness (QED) is 0.868. The number of para-hydroxylation sites is 1. The van der Waals surface area contributed by atoms with Crippen LogP contribution in [0.5, 0.6) is 0 Å². The van der Waals surface area contributed by atoms with Crippen molar-refractivity contribution in [1.29, 1.82) is 0 Å². The van der Waals surface area contributed by atoms with Crippen molar-refractivity contribution < 1.29 is 9.50 Å². The van der Waals surface area contributed by atoms with Gasteiger partial charge in [0, 0.05) is 13.1 Å². The lowest BCUT2D eigenvalue weighted by molar-refractivity contribution is 0.116. The number of halogens is 1.